The molecule has 0 amide bonds. The van der Waals surface area contributed by atoms with Crippen LogP contribution in [-0.2, 0) is 0 Å². The largest absolute Gasteiger partial charge is 0.453 e. The molecule has 66 heavy (non-hydrogen) atoms. The Labute approximate surface area is 383 Å². The van der Waals surface area contributed by atoms with Crippen molar-refractivity contribution >= 4 is 55.7 Å². The van der Waals surface area contributed by atoms with Gasteiger partial charge in [0, 0.05) is 17.1 Å². The van der Waals surface area contributed by atoms with Crippen molar-refractivity contribution in [3.05, 3.63) is 243 Å². The SMILES string of the molecule is c1ccc(-c2ccc(N(c3ccc(-c4ccc(-c5cccc(-c6cc7c8c(c6)Oc6ccccc6N8c6ccccc6O7)c5)cc4)cc3)c3ccc4c(ccc5ccccc54)c3)cc2)cc1. The van der Waals surface area contributed by atoms with Crippen LogP contribution in [0, 0.1) is 0 Å². The molecule has 11 aromatic carbocycles. The van der Waals surface area contributed by atoms with Gasteiger partial charge in [-0.1, -0.05) is 164 Å². The second kappa shape index (κ2) is 15.4. The van der Waals surface area contributed by atoms with Gasteiger partial charge in [-0.3, -0.25) is 4.90 Å². The van der Waals surface area contributed by atoms with Crippen molar-refractivity contribution in [2.75, 3.05) is 9.80 Å². The lowest BCUT2D eigenvalue weighted by Gasteiger charge is -2.38. The summed E-state index contributed by atoms with van der Waals surface area (Å²) < 4.78 is 13.1. The first-order valence-electron chi connectivity index (χ1n) is 22.4. The maximum absolute atomic E-state index is 6.56. The molecule has 0 fully saturated rings. The zero-order valence-electron chi connectivity index (χ0n) is 35.8. The summed E-state index contributed by atoms with van der Waals surface area (Å²) in [5, 5.41) is 4.98. The van der Waals surface area contributed by atoms with E-state index in [9.17, 15) is 0 Å². The smallest absolute Gasteiger partial charge is 0.156 e. The van der Waals surface area contributed by atoms with Gasteiger partial charge in [0.2, 0.25) is 0 Å². The number of hydrogen-bond acceptors (Lipinski definition) is 4. The third-order valence-electron chi connectivity index (χ3n) is 13.0. The summed E-state index contributed by atoms with van der Waals surface area (Å²) in [5.41, 5.74) is 15.3. The van der Waals surface area contributed by atoms with Gasteiger partial charge < -0.3 is 14.4 Å². The highest BCUT2D eigenvalue weighted by Crippen LogP contribution is 2.60. The number of benzene rings is 11. The van der Waals surface area contributed by atoms with Crippen LogP contribution in [0.3, 0.4) is 0 Å². The van der Waals surface area contributed by atoms with E-state index in [2.05, 4.69) is 216 Å². The second-order valence-electron chi connectivity index (χ2n) is 16.9. The van der Waals surface area contributed by atoms with E-state index in [4.69, 9.17) is 9.47 Å². The van der Waals surface area contributed by atoms with Crippen LogP contribution < -0.4 is 19.3 Å². The molecule has 2 heterocycles. The summed E-state index contributed by atoms with van der Waals surface area (Å²) in [7, 11) is 0. The van der Waals surface area contributed by atoms with E-state index >= 15 is 0 Å². The fourth-order valence-corrected chi connectivity index (χ4v) is 9.75. The summed E-state index contributed by atoms with van der Waals surface area (Å²) in [6, 6.07) is 86.5. The van der Waals surface area contributed by atoms with E-state index in [1.165, 1.54) is 32.7 Å². The number of ether oxygens (including phenoxy) is 2. The molecule has 2 aliphatic heterocycles. The number of rotatable bonds is 7. The molecule has 0 saturated carbocycles. The number of para-hydroxylation sites is 4. The highest BCUT2D eigenvalue weighted by molar-refractivity contribution is 6.08. The fraction of sp³-hybridized carbons (Fsp3) is 0. The lowest BCUT2D eigenvalue weighted by Crippen LogP contribution is -2.20. The second-order valence-corrected chi connectivity index (χ2v) is 16.9. The molecule has 11 aromatic rings. The Bertz CT molecular complexity index is 3570. The van der Waals surface area contributed by atoms with Crippen molar-refractivity contribution in [2.45, 2.75) is 0 Å². The van der Waals surface area contributed by atoms with E-state index in [0.29, 0.717) is 0 Å². The summed E-state index contributed by atoms with van der Waals surface area (Å²) in [6.07, 6.45) is 0. The normalized spacial score (nSPS) is 12.2. The molecule has 0 bridgehead atoms. The van der Waals surface area contributed by atoms with Crippen molar-refractivity contribution < 1.29 is 9.47 Å². The van der Waals surface area contributed by atoms with Gasteiger partial charge >= 0.3 is 0 Å². The molecule has 0 spiro atoms. The van der Waals surface area contributed by atoms with Crippen LogP contribution in [0.25, 0.3) is 66.1 Å². The zero-order valence-corrected chi connectivity index (χ0v) is 35.8. The van der Waals surface area contributed by atoms with Gasteiger partial charge in [-0.2, -0.15) is 0 Å². The molecule has 4 nitrogen and oxygen atoms in total. The Morgan fingerprint density at radius 2 is 0.727 bits per heavy atom. The quantitative estimate of drug-likeness (QED) is 0.149. The van der Waals surface area contributed by atoms with Crippen LogP contribution >= 0.6 is 0 Å². The number of fused-ring (bicyclic) bond motifs is 7. The van der Waals surface area contributed by atoms with Gasteiger partial charge in [0.05, 0.1) is 11.4 Å². The molecule has 13 rings (SSSR count). The first-order chi connectivity index (χ1) is 32.7. The van der Waals surface area contributed by atoms with Crippen LogP contribution in [0.1, 0.15) is 0 Å². The molecule has 0 aromatic heterocycles. The topological polar surface area (TPSA) is 24.9 Å². The Hall–Kier alpha value is -8.86. The molecule has 0 aliphatic carbocycles. The predicted molar refractivity (Wildman–Crippen MR) is 273 cm³/mol. The van der Waals surface area contributed by atoms with Gasteiger partial charge in [0.25, 0.3) is 0 Å². The van der Waals surface area contributed by atoms with Crippen molar-refractivity contribution in [2.24, 2.45) is 0 Å². The molecule has 0 saturated heterocycles. The van der Waals surface area contributed by atoms with E-state index in [0.717, 1.165) is 90.5 Å². The minimum atomic E-state index is 0.770. The summed E-state index contributed by atoms with van der Waals surface area (Å²) >= 11 is 0. The third-order valence-corrected chi connectivity index (χ3v) is 13.0. The monoisotopic (exact) mass is 844 g/mol. The number of hydrogen-bond donors (Lipinski definition) is 0. The van der Waals surface area contributed by atoms with Crippen molar-refractivity contribution in [3.63, 3.8) is 0 Å². The average molecular weight is 845 g/mol. The Morgan fingerprint density at radius 1 is 0.273 bits per heavy atom. The van der Waals surface area contributed by atoms with Gasteiger partial charge in [0.1, 0.15) is 5.69 Å². The van der Waals surface area contributed by atoms with E-state index in [1.54, 1.807) is 0 Å². The van der Waals surface area contributed by atoms with Gasteiger partial charge in [-0.05, 0) is 145 Å². The highest BCUT2D eigenvalue weighted by atomic mass is 16.5. The van der Waals surface area contributed by atoms with Crippen LogP contribution in [0.5, 0.6) is 23.0 Å². The first kappa shape index (κ1) is 37.7. The molecular weight excluding hydrogens is 805 g/mol. The molecule has 310 valence electrons. The molecule has 4 heteroatoms. The Kier molecular flexibility index (Phi) is 8.81. The van der Waals surface area contributed by atoms with Crippen LogP contribution in [-0.4, -0.2) is 0 Å². The van der Waals surface area contributed by atoms with Gasteiger partial charge in [0.15, 0.2) is 23.0 Å². The highest BCUT2D eigenvalue weighted by Gasteiger charge is 2.35. The Morgan fingerprint density at radius 3 is 1.36 bits per heavy atom. The van der Waals surface area contributed by atoms with E-state index < -0.39 is 0 Å². The Balaban J connectivity index is 0.806. The summed E-state index contributed by atoms with van der Waals surface area (Å²) in [5.74, 6) is 3.18. The first-order valence-corrected chi connectivity index (χ1v) is 22.4. The van der Waals surface area contributed by atoms with Crippen molar-refractivity contribution in [1.82, 2.24) is 0 Å². The molecule has 0 atom stereocenters. The predicted octanol–water partition coefficient (Wildman–Crippen LogP) is 17.8. The summed E-state index contributed by atoms with van der Waals surface area (Å²) in [4.78, 5) is 4.61. The molecule has 0 unspecified atom stereocenters. The zero-order chi connectivity index (χ0) is 43.6. The standard InChI is InChI=1S/C62H40N2O2/c1-2-11-41(12-3-1)43-27-31-51(32-28-43)63(53-35-36-55-49(38-53)26-25-46-13-4-5-16-54(46)55)52-33-29-44(30-34-52)42-21-23-45(24-22-42)47-14-10-15-48(37-47)50-39-60-62-61(40-50)66-59-20-9-7-18-57(59)64(62)56-17-6-8-19-58(56)65-60/h1-40H. The third kappa shape index (κ3) is 6.46. The van der Waals surface area contributed by atoms with E-state index in [1.807, 2.05) is 36.4 Å². The molecule has 0 N–H and O–H groups in total. The molecular formula is C62H40N2O2. The minimum absolute atomic E-state index is 0.770. The number of nitrogens with zero attached hydrogens (tertiary/aromatic N) is 2. The van der Waals surface area contributed by atoms with Gasteiger partial charge in [-0.15, -0.1) is 0 Å². The maximum atomic E-state index is 6.56. The maximum Gasteiger partial charge on any atom is 0.156 e. The van der Waals surface area contributed by atoms with Crippen LogP contribution in [0.4, 0.5) is 34.1 Å². The lowest BCUT2D eigenvalue weighted by molar-refractivity contribution is 0.446. The summed E-state index contributed by atoms with van der Waals surface area (Å²) in [6.45, 7) is 0. The van der Waals surface area contributed by atoms with Gasteiger partial charge in [-0.25, -0.2) is 0 Å². The van der Waals surface area contributed by atoms with E-state index in [-0.39, 0.29) is 0 Å². The lowest BCUT2D eigenvalue weighted by atomic mass is 9.96. The fourth-order valence-electron chi connectivity index (χ4n) is 9.75. The number of anilines is 6. The van der Waals surface area contributed by atoms with Crippen molar-refractivity contribution in [1.29, 1.82) is 0 Å². The van der Waals surface area contributed by atoms with Crippen LogP contribution in [0.15, 0.2) is 243 Å². The van der Waals surface area contributed by atoms with Crippen LogP contribution in [0.2, 0.25) is 0 Å². The molecule has 2 aliphatic rings. The minimum Gasteiger partial charge on any atom is -0.453 e. The average Bonchev–Trinajstić information content (AvgIpc) is 3.39. The van der Waals surface area contributed by atoms with Crippen molar-refractivity contribution in [3.8, 4) is 67.5 Å². The molecule has 0 radical (unpaired) electrons.